The fourth-order valence-corrected chi connectivity index (χ4v) is 1.79. The molecule has 0 unspecified atom stereocenters. The predicted octanol–water partition coefficient (Wildman–Crippen LogP) is 2.90. The van der Waals surface area contributed by atoms with E-state index in [0.29, 0.717) is 5.56 Å². The highest BCUT2D eigenvalue weighted by Gasteiger charge is 2.06. The number of hydrogen-bond acceptors (Lipinski definition) is 1. The highest BCUT2D eigenvalue weighted by molar-refractivity contribution is 5.94. The topological polar surface area (TPSA) is 43.1 Å². The van der Waals surface area contributed by atoms with Crippen LogP contribution in [-0.2, 0) is 0 Å². The van der Waals surface area contributed by atoms with Gasteiger partial charge in [-0.25, -0.2) is 4.39 Å². The Bertz CT molecular complexity index is 578. The van der Waals surface area contributed by atoms with Gasteiger partial charge in [-0.2, -0.15) is 0 Å². The Balaban J connectivity index is 2.53. The van der Waals surface area contributed by atoms with Crippen molar-refractivity contribution in [3.8, 4) is 11.1 Å². The minimum absolute atomic E-state index is 0.266. The van der Waals surface area contributed by atoms with Crippen LogP contribution in [0.5, 0.6) is 0 Å². The predicted molar refractivity (Wildman–Crippen MR) is 65.1 cm³/mol. The average molecular weight is 229 g/mol. The summed E-state index contributed by atoms with van der Waals surface area (Å²) in [4.78, 5) is 11.1. The zero-order valence-electron chi connectivity index (χ0n) is 9.41. The molecule has 0 saturated carbocycles. The molecule has 0 atom stereocenters. The Morgan fingerprint density at radius 1 is 1.18 bits per heavy atom. The van der Waals surface area contributed by atoms with Crippen molar-refractivity contribution in [2.24, 2.45) is 5.73 Å². The number of aryl methyl sites for hydroxylation is 1. The van der Waals surface area contributed by atoms with Gasteiger partial charge in [-0.3, -0.25) is 4.79 Å². The molecule has 0 saturated heterocycles. The third kappa shape index (κ3) is 2.33. The molecule has 0 bridgehead atoms. The van der Waals surface area contributed by atoms with E-state index >= 15 is 0 Å². The van der Waals surface area contributed by atoms with Crippen molar-refractivity contribution >= 4 is 5.91 Å². The van der Waals surface area contributed by atoms with Gasteiger partial charge < -0.3 is 5.73 Å². The van der Waals surface area contributed by atoms with Gasteiger partial charge >= 0.3 is 0 Å². The molecule has 0 fully saturated rings. The summed E-state index contributed by atoms with van der Waals surface area (Å²) < 4.78 is 13.0. The quantitative estimate of drug-likeness (QED) is 0.845. The number of carbonyl (C=O) groups is 1. The Kier molecular flexibility index (Phi) is 2.91. The molecule has 86 valence electrons. The highest BCUT2D eigenvalue weighted by atomic mass is 19.1. The summed E-state index contributed by atoms with van der Waals surface area (Å²) in [6.07, 6.45) is 0. The first-order valence-corrected chi connectivity index (χ1v) is 5.24. The maximum absolute atomic E-state index is 13.0. The van der Waals surface area contributed by atoms with Gasteiger partial charge in [-0.05, 0) is 47.9 Å². The second-order valence-corrected chi connectivity index (χ2v) is 3.90. The number of halogens is 1. The number of rotatable bonds is 2. The van der Waals surface area contributed by atoms with Gasteiger partial charge in [-0.1, -0.05) is 18.2 Å². The highest BCUT2D eigenvalue weighted by Crippen LogP contribution is 2.24. The Hall–Kier alpha value is -2.16. The molecule has 0 aliphatic heterocycles. The summed E-state index contributed by atoms with van der Waals surface area (Å²) in [5, 5.41) is 0. The molecule has 1 amide bonds. The third-order valence-electron chi connectivity index (χ3n) is 2.65. The van der Waals surface area contributed by atoms with Crippen molar-refractivity contribution < 1.29 is 9.18 Å². The molecule has 2 N–H and O–H groups in total. The Labute approximate surface area is 98.9 Å². The minimum atomic E-state index is -0.466. The van der Waals surface area contributed by atoms with Gasteiger partial charge in [0, 0.05) is 5.56 Å². The molecule has 2 aromatic carbocycles. The molecule has 0 aliphatic rings. The average Bonchev–Trinajstić information content (AvgIpc) is 2.29. The fraction of sp³-hybridized carbons (Fsp3) is 0.0714. The molecule has 2 aromatic rings. The zero-order chi connectivity index (χ0) is 12.4. The minimum Gasteiger partial charge on any atom is -0.366 e. The standard InChI is InChI=1S/C14H12FNO/c1-9-7-12(15)5-6-13(9)10-3-2-4-11(8-10)14(16)17/h2-8H,1H3,(H2,16,17). The molecule has 0 aliphatic carbocycles. The van der Waals surface area contributed by atoms with E-state index in [-0.39, 0.29) is 5.82 Å². The van der Waals surface area contributed by atoms with E-state index in [2.05, 4.69) is 0 Å². The summed E-state index contributed by atoms with van der Waals surface area (Å²) in [5.41, 5.74) is 8.26. The van der Waals surface area contributed by atoms with Gasteiger partial charge in [0.05, 0.1) is 0 Å². The number of carbonyl (C=O) groups excluding carboxylic acids is 1. The van der Waals surface area contributed by atoms with Gasteiger partial charge in [-0.15, -0.1) is 0 Å². The van der Waals surface area contributed by atoms with Crippen LogP contribution in [0.2, 0.25) is 0 Å². The van der Waals surface area contributed by atoms with Crippen LogP contribution in [0.25, 0.3) is 11.1 Å². The number of benzene rings is 2. The summed E-state index contributed by atoms with van der Waals surface area (Å²) in [5.74, 6) is -0.732. The first-order valence-electron chi connectivity index (χ1n) is 5.24. The smallest absolute Gasteiger partial charge is 0.248 e. The van der Waals surface area contributed by atoms with Crippen LogP contribution in [0.3, 0.4) is 0 Å². The SMILES string of the molecule is Cc1cc(F)ccc1-c1cccc(C(N)=O)c1. The van der Waals surface area contributed by atoms with Crippen LogP contribution in [0.1, 0.15) is 15.9 Å². The number of primary amides is 1. The fourth-order valence-electron chi connectivity index (χ4n) is 1.79. The van der Waals surface area contributed by atoms with Crippen LogP contribution in [0.15, 0.2) is 42.5 Å². The zero-order valence-corrected chi connectivity index (χ0v) is 9.41. The van der Waals surface area contributed by atoms with E-state index in [4.69, 9.17) is 5.73 Å². The van der Waals surface area contributed by atoms with E-state index in [0.717, 1.165) is 16.7 Å². The Morgan fingerprint density at radius 2 is 1.94 bits per heavy atom. The second-order valence-electron chi connectivity index (χ2n) is 3.90. The van der Waals surface area contributed by atoms with Crippen LogP contribution in [0.4, 0.5) is 4.39 Å². The van der Waals surface area contributed by atoms with Gasteiger partial charge in [0.15, 0.2) is 0 Å². The second kappa shape index (κ2) is 4.37. The van der Waals surface area contributed by atoms with Crippen molar-refractivity contribution in [2.75, 3.05) is 0 Å². The summed E-state index contributed by atoms with van der Waals surface area (Å²) >= 11 is 0. The molecule has 3 heteroatoms. The first-order chi connectivity index (χ1) is 8.08. The number of hydrogen-bond donors (Lipinski definition) is 1. The van der Waals surface area contributed by atoms with Crippen LogP contribution >= 0.6 is 0 Å². The summed E-state index contributed by atoms with van der Waals surface area (Å²) in [7, 11) is 0. The molecule has 2 nitrogen and oxygen atoms in total. The first kappa shape index (κ1) is 11.3. The van der Waals surface area contributed by atoms with E-state index in [1.165, 1.54) is 12.1 Å². The number of amides is 1. The van der Waals surface area contributed by atoms with E-state index in [9.17, 15) is 9.18 Å². The number of nitrogens with two attached hydrogens (primary N) is 1. The molecule has 0 heterocycles. The molecule has 0 radical (unpaired) electrons. The lowest BCUT2D eigenvalue weighted by Crippen LogP contribution is -2.10. The van der Waals surface area contributed by atoms with E-state index in [1.54, 1.807) is 24.3 Å². The lowest BCUT2D eigenvalue weighted by molar-refractivity contribution is 0.100. The lowest BCUT2D eigenvalue weighted by Gasteiger charge is -2.07. The van der Waals surface area contributed by atoms with Crippen molar-refractivity contribution in [3.05, 3.63) is 59.4 Å². The van der Waals surface area contributed by atoms with Crippen LogP contribution < -0.4 is 5.73 Å². The van der Waals surface area contributed by atoms with Crippen LogP contribution in [-0.4, -0.2) is 5.91 Å². The monoisotopic (exact) mass is 229 g/mol. The van der Waals surface area contributed by atoms with Crippen molar-refractivity contribution in [2.45, 2.75) is 6.92 Å². The normalized spacial score (nSPS) is 10.2. The Morgan fingerprint density at radius 3 is 2.59 bits per heavy atom. The summed E-state index contributed by atoms with van der Waals surface area (Å²) in [6, 6.07) is 11.6. The van der Waals surface area contributed by atoms with Crippen molar-refractivity contribution in [1.82, 2.24) is 0 Å². The molecular formula is C14H12FNO. The molecule has 0 spiro atoms. The largest absolute Gasteiger partial charge is 0.366 e. The van der Waals surface area contributed by atoms with Crippen molar-refractivity contribution in [3.63, 3.8) is 0 Å². The van der Waals surface area contributed by atoms with E-state index < -0.39 is 5.91 Å². The van der Waals surface area contributed by atoms with Gasteiger partial charge in [0.2, 0.25) is 5.91 Å². The lowest BCUT2D eigenvalue weighted by atomic mass is 9.99. The van der Waals surface area contributed by atoms with Crippen LogP contribution in [0, 0.1) is 12.7 Å². The molecule has 0 aromatic heterocycles. The van der Waals surface area contributed by atoms with Gasteiger partial charge in [0.25, 0.3) is 0 Å². The van der Waals surface area contributed by atoms with Gasteiger partial charge in [0.1, 0.15) is 5.82 Å². The maximum atomic E-state index is 13.0. The van der Waals surface area contributed by atoms with Crippen molar-refractivity contribution in [1.29, 1.82) is 0 Å². The third-order valence-corrected chi connectivity index (χ3v) is 2.65. The maximum Gasteiger partial charge on any atom is 0.248 e. The molecule has 17 heavy (non-hydrogen) atoms. The van der Waals surface area contributed by atoms with E-state index in [1.807, 2.05) is 13.0 Å². The molecule has 2 rings (SSSR count). The molecular weight excluding hydrogens is 217 g/mol. The summed E-state index contributed by atoms with van der Waals surface area (Å²) in [6.45, 7) is 1.83.